The zero-order valence-corrected chi connectivity index (χ0v) is 10.3. The molecule has 0 heterocycles. The molecule has 0 aliphatic rings. The molecule has 0 bridgehead atoms. The van der Waals surface area contributed by atoms with E-state index in [4.69, 9.17) is 4.74 Å². The summed E-state index contributed by atoms with van der Waals surface area (Å²) in [6.07, 6.45) is 3.80. The van der Waals surface area contributed by atoms with Gasteiger partial charge in [-0.2, -0.15) is 0 Å². The zero-order valence-electron chi connectivity index (χ0n) is 10.3. The molecular formula is C12H27NO. The van der Waals surface area contributed by atoms with Crippen LogP contribution in [0.2, 0.25) is 0 Å². The third kappa shape index (κ3) is 10.0. The summed E-state index contributed by atoms with van der Waals surface area (Å²) in [6.45, 7) is 10.0. The Morgan fingerprint density at radius 1 is 1.07 bits per heavy atom. The van der Waals surface area contributed by atoms with Crippen LogP contribution >= 0.6 is 0 Å². The molecule has 14 heavy (non-hydrogen) atoms. The highest BCUT2D eigenvalue weighted by Crippen LogP contribution is 2.06. The van der Waals surface area contributed by atoms with Crippen LogP contribution < -0.4 is 5.32 Å². The Labute approximate surface area is 89.4 Å². The van der Waals surface area contributed by atoms with Crippen molar-refractivity contribution in [2.45, 2.75) is 40.0 Å². The Morgan fingerprint density at radius 2 is 1.79 bits per heavy atom. The average molecular weight is 201 g/mol. The van der Waals surface area contributed by atoms with Crippen molar-refractivity contribution in [3.05, 3.63) is 0 Å². The van der Waals surface area contributed by atoms with Crippen LogP contribution in [-0.2, 0) is 4.74 Å². The summed E-state index contributed by atoms with van der Waals surface area (Å²) in [4.78, 5) is 0. The number of unbranched alkanes of at least 4 members (excludes halogenated alkanes) is 1. The van der Waals surface area contributed by atoms with E-state index in [0.717, 1.165) is 31.5 Å². The molecule has 0 amide bonds. The van der Waals surface area contributed by atoms with E-state index >= 15 is 0 Å². The lowest BCUT2D eigenvalue weighted by molar-refractivity contribution is 0.190. The topological polar surface area (TPSA) is 21.3 Å². The van der Waals surface area contributed by atoms with Gasteiger partial charge in [-0.1, -0.05) is 27.2 Å². The molecule has 0 aromatic carbocycles. The Bertz CT molecular complexity index is 115. The van der Waals surface area contributed by atoms with Gasteiger partial charge in [0.25, 0.3) is 0 Å². The van der Waals surface area contributed by atoms with Crippen molar-refractivity contribution < 1.29 is 4.74 Å². The third-order valence-electron chi connectivity index (χ3n) is 2.34. The maximum absolute atomic E-state index is 5.02. The van der Waals surface area contributed by atoms with Gasteiger partial charge in [-0.3, -0.25) is 0 Å². The fraction of sp³-hybridized carbons (Fsp3) is 1.00. The molecule has 0 aromatic rings. The van der Waals surface area contributed by atoms with Crippen LogP contribution in [0.3, 0.4) is 0 Å². The summed E-state index contributed by atoms with van der Waals surface area (Å²) in [5, 5.41) is 3.49. The fourth-order valence-electron chi connectivity index (χ4n) is 1.46. The molecule has 2 nitrogen and oxygen atoms in total. The predicted molar refractivity (Wildman–Crippen MR) is 62.6 cm³/mol. The van der Waals surface area contributed by atoms with Gasteiger partial charge in [0.05, 0.1) is 0 Å². The number of methoxy groups -OCH3 is 1. The van der Waals surface area contributed by atoms with Gasteiger partial charge in [-0.15, -0.1) is 0 Å². The van der Waals surface area contributed by atoms with Crippen LogP contribution in [0.25, 0.3) is 0 Å². The summed E-state index contributed by atoms with van der Waals surface area (Å²) in [5.41, 5.74) is 0. The van der Waals surface area contributed by atoms with Crippen molar-refractivity contribution in [3.63, 3.8) is 0 Å². The van der Waals surface area contributed by atoms with Gasteiger partial charge in [0.15, 0.2) is 0 Å². The summed E-state index contributed by atoms with van der Waals surface area (Å²) in [7, 11) is 1.77. The summed E-state index contributed by atoms with van der Waals surface area (Å²) in [6, 6.07) is 0. The quantitative estimate of drug-likeness (QED) is 0.579. The Kier molecular flexibility index (Phi) is 9.42. The number of hydrogen-bond acceptors (Lipinski definition) is 2. The van der Waals surface area contributed by atoms with Crippen molar-refractivity contribution in [1.29, 1.82) is 0 Å². The highest BCUT2D eigenvalue weighted by Gasteiger charge is 2.01. The van der Waals surface area contributed by atoms with Crippen molar-refractivity contribution in [3.8, 4) is 0 Å². The van der Waals surface area contributed by atoms with Crippen molar-refractivity contribution in [2.75, 3.05) is 26.8 Å². The van der Waals surface area contributed by atoms with E-state index in [-0.39, 0.29) is 0 Å². The fourth-order valence-corrected chi connectivity index (χ4v) is 1.46. The van der Waals surface area contributed by atoms with Crippen LogP contribution in [0.1, 0.15) is 40.0 Å². The standard InChI is InChI=1S/C12H27NO/c1-11(2)9-13-10-12(3)7-5-6-8-14-4/h11-13H,5-10H2,1-4H3. The molecule has 0 spiro atoms. The van der Waals surface area contributed by atoms with E-state index in [9.17, 15) is 0 Å². The van der Waals surface area contributed by atoms with Crippen LogP contribution in [0.4, 0.5) is 0 Å². The first-order valence-electron chi connectivity index (χ1n) is 5.86. The normalized spacial score (nSPS) is 13.5. The van der Waals surface area contributed by atoms with Crippen LogP contribution in [0.15, 0.2) is 0 Å². The maximum Gasteiger partial charge on any atom is 0.0462 e. The number of ether oxygens (including phenoxy) is 1. The summed E-state index contributed by atoms with van der Waals surface area (Å²) in [5.74, 6) is 1.56. The van der Waals surface area contributed by atoms with E-state index in [2.05, 4.69) is 26.1 Å². The van der Waals surface area contributed by atoms with E-state index < -0.39 is 0 Å². The maximum atomic E-state index is 5.02. The minimum absolute atomic E-state index is 0.760. The summed E-state index contributed by atoms with van der Waals surface area (Å²) < 4.78 is 5.02. The lowest BCUT2D eigenvalue weighted by atomic mass is 10.0. The molecule has 0 rings (SSSR count). The molecule has 0 radical (unpaired) electrons. The predicted octanol–water partition coefficient (Wildman–Crippen LogP) is 2.68. The van der Waals surface area contributed by atoms with E-state index in [0.29, 0.717) is 0 Å². The smallest absolute Gasteiger partial charge is 0.0462 e. The van der Waals surface area contributed by atoms with Crippen molar-refractivity contribution in [1.82, 2.24) is 5.32 Å². The lowest BCUT2D eigenvalue weighted by Gasteiger charge is -2.13. The zero-order chi connectivity index (χ0) is 10.8. The van der Waals surface area contributed by atoms with E-state index in [1.165, 1.54) is 19.3 Å². The summed E-state index contributed by atoms with van der Waals surface area (Å²) >= 11 is 0. The third-order valence-corrected chi connectivity index (χ3v) is 2.34. The molecule has 0 fully saturated rings. The van der Waals surface area contributed by atoms with Gasteiger partial charge in [0.1, 0.15) is 0 Å². The minimum Gasteiger partial charge on any atom is -0.385 e. The molecule has 0 aliphatic carbocycles. The first kappa shape index (κ1) is 13.9. The second-order valence-electron chi connectivity index (χ2n) is 4.65. The van der Waals surface area contributed by atoms with Gasteiger partial charge in [0.2, 0.25) is 0 Å². The van der Waals surface area contributed by atoms with Gasteiger partial charge in [-0.25, -0.2) is 0 Å². The number of rotatable bonds is 9. The van der Waals surface area contributed by atoms with Crippen molar-refractivity contribution >= 4 is 0 Å². The van der Waals surface area contributed by atoms with Gasteiger partial charge >= 0.3 is 0 Å². The number of nitrogens with one attached hydrogen (secondary N) is 1. The first-order valence-corrected chi connectivity index (χ1v) is 5.86. The van der Waals surface area contributed by atoms with Gasteiger partial charge in [-0.05, 0) is 37.8 Å². The minimum atomic E-state index is 0.760. The molecule has 2 heteroatoms. The van der Waals surface area contributed by atoms with Gasteiger partial charge in [0, 0.05) is 13.7 Å². The molecule has 0 aliphatic heterocycles. The molecule has 1 unspecified atom stereocenters. The molecule has 0 saturated carbocycles. The van der Waals surface area contributed by atoms with Crippen LogP contribution in [0.5, 0.6) is 0 Å². The molecule has 0 aromatic heterocycles. The molecular weight excluding hydrogens is 174 g/mol. The number of hydrogen-bond donors (Lipinski definition) is 1. The molecule has 0 saturated heterocycles. The highest BCUT2D eigenvalue weighted by atomic mass is 16.5. The Hall–Kier alpha value is -0.0800. The average Bonchev–Trinajstić information content (AvgIpc) is 2.12. The Balaban J connectivity index is 3.15. The highest BCUT2D eigenvalue weighted by molar-refractivity contribution is 4.58. The molecule has 1 N–H and O–H groups in total. The van der Waals surface area contributed by atoms with Gasteiger partial charge < -0.3 is 10.1 Å². The lowest BCUT2D eigenvalue weighted by Crippen LogP contribution is -2.25. The monoisotopic (exact) mass is 201 g/mol. The Morgan fingerprint density at radius 3 is 2.36 bits per heavy atom. The SMILES string of the molecule is COCCCCC(C)CNCC(C)C. The largest absolute Gasteiger partial charge is 0.385 e. The first-order chi connectivity index (χ1) is 6.66. The molecule has 1 atom stereocenters. The van der Waals surface area contributed by atoms with E-state index in [1.807, 2.05) is 0 Å². The molecule has 86 valence electrons. The second-order valence-corrected chi connectivity index (χ2v) is 4.65. The second kappa shape index (κ2) is 9.47. The van der Waals surface area contributed by atoms with Crippen LogP contribution in [0, 0.1) is 11.8 Å². The van der Waals surface area contributed by atoms with Crippen molar-refractivity contribution in [2.24, 2.45) is 11.8 Å². The van der Waals surface area contributed by atoms with Crippen LogP contribution in [-0.4, -0.2) is 26.8 Å². The van der Waals surface area contributed by atoms with E-state index in [1.54, 1.807) is 7.11 Å².